The zero-order valence-corrected chi connectivity index (χ0v) is 19.5. The average molecular weight is 469 g/mol. The predicted octanol–water partition coefficient (Wildman–Crippen LogP) is 2.78. The lowest BCUT2D eigenvalue weighted by Crippen LogP contribution is -2.38. The van der Waals surface area contributed by atoms with Crippen LogP contribution in [0.5, 0.6) is 11.6 Å². The summed E-state index contributed by atoms with van der Waals surface area (Å²) >= 11 is 0. The maximum atomic E-state index is 11.7. The number of hydrogen-bond donors (Lipinski definition) is 0. The third-order valence-electron chi connectivity index (χ3n) is 6.69. The highest BCUT2D eigenvalue weighted by molar-refractivity contribution is 5.79. The van der Waals surface area contributed by atoms with Crippen molar-refractivity contribution in [3.8, 4) is 11.6 Å². The lowest BCUT2D eigenvalue weighted by molar-refractivity contribution is -0.0290. The van der Waals surface area contributed by atoms with E-state index in [0.717, 1.165) is 70.5 Å². The first-order valence-electron chi connectivity index (χ1n) is 12.2. The molecule has 2 fully saturated rings. The van der Waals surface area contributed by atoms with Gasteiger partial charge in [0.1, 0.15) is 19.0 Å². The van der Waals surface area contributed by atoms with Gasteiger partial charge in [0.05, 0.1) is 49.9 Å². The maximum absolute atomic E-state index is 11.7. The smallest absolute Gasteiger partial charge is 0.214 e. The van der Waals surface area contributed by atoms with Gasteiger partial charge < -0.3 is 18.9 Å². The Balaban J connectivity index is 1.23. The number of pyridine rings is 1. The van der Waals surface area contributed by atoms with Crippen molar-refractivity contribution in [3.63, 3.8) is 0 Å². The van der Waals surface area contributed by atoms with Gasteiger partial charge in [-0.15, -0.1) is 0 Å². The minimum atomic E-state index is 0.309. The van der Waals surface area contributed by atoms with E-state index >= 15 is 0 Å². The molecule has 0 aromatic carbocycles. The monoisotopic (exact) mass is 468 g/mol. The maximum Gasteiger partial charge on any atom is 0.214 e. The molecule has 0 spiro atoms. The summed E-state index contributed by atoms with van der Waals surface area (Å²) in [4.78, 5) is 18.4. The molecular weight excluding hydrogens is 436 g/mol. The second-order valence-corrected chi connectivity index (χ2v) is 8.91. The first-order valence-corrected chi connectivity index (χ1v) is 12.2. The van der Waals surface area contributed by atoms with Gasteiger partial charge in [0.2, 0.25) is 5.88 Å². The summed E-state index contributed by atoms with van der Waals surface area (Å²) in [5.74, 6) is 0.917. The fourth-order valence-corrected chi connectivity index (χ4v) is 4.64. The number of ether oxygens (including phenoxy) is 4. The molecule has 0 unspecified atom stereocenters. The van der Waals surface area contributed by atoms with Crippen molar-refractivity contribution in [2.75, 3.05) is 59.3 Å². The van der Waals surface area contributed by atoms with E-state index in [1.165, 1.54) is 11.1 Å². The van der Waals surface area contributed by atoms with Gasteiger partial charge in [0, 0.05) is 31.9 Å². The summed E-state index contributed by atoms with van der Waals surface area (Å²) in [5, 5.41) is 4.54. The second kappa shape index (κ2) is 11.1. The fourth-order valence-electron chi connectivity index (χ4n) is 4.64. The van der Waals surface area contributed by atoms with Gasteiger partial charge in [-0.3, -0.25) is 14.4 Å². The highest BCUT2D eigenvalue weighted by Crippen LogP contribution is 2.34. The molecule has 0 N–H and O–H groups in total. The third-order valence-corrected chi connectivity index (χ3v) is 6.69. The van der Waals surface area contributed by atoms with Gasteiger partial charge in [0.25, 0.3) is 0 Å². The third kappa shape index (κ3) is 5.32. The van der Waals surface area contributed by atoms with Crippen molar-refractivity contribution >= 4 is 11.9 Å². The van der Waals surface area contributed by atoms with Crippen molar-refractivity contribution in [1.82, 2.24) is 19.7 Å². The van der Waals surface area contributed by atoms with Crippen molar-refractivity contribution in [3.05, 3.63) is 41.4 Å². The van der Waals surface area contributed by atoms with Crippen molar-refractivity contribution in [2.45, 2.75) is 31.7 Å². The number of nitrogens with zero attached hydrogens (tertiary/aromatic N) is 4. The summed E-state index contributed by atoms with van der Waals surface area (Å²) in [6.07, 6.45) is 8.53. The van der Waals surface area contributed by atoms with E-state index in [2.05, 4.69) is 25.7 Å². The summed E-state index contributed by atoms with van der Waals surface area (Å²) in [5.41, 5.74) is 4.17. The van der Waals surface area contributed by atoms with Crippen molar-refractivity contribution < 1.29 is 23.7 Å². The summed E-state index contributed by atoms with van der Waals surface area (Å²) in [6, 6.07) is 4.05. The Morgan fingerprint density at radius 1 is 1.12 bits per heavy atom. The summed E-state index contributed by atoms with van der Waals surface area (Å²) in [6.45, 7) is 6.52. The number of aromatic nitrogens is 3. The number of allylic oxidation sites excluding steroid dienone is 1. The normalized spacial score (nSPS) is 19.6. The molecule has 0 bridgehead atoms. The lowest BCUT2D eigenvalue weighted by Gasteiger charge is -2.29. The second-order valence-electron chi connectivity index (χ2n) is 8.91. The van der Waals surface area contributed by atoms with E-state index in [4.69, 9.17) is 18.9 Å². The Morgan fingerprint density at radius 3 is 2.76 bits per heavy atom. The zero-order chi connectivity index (χ0) is 23.2. The number of aldehydes is 1. The van der Waals surface area contributed by atoms with Crippen LogP contribution in [-0.2, 0) is 9.47 Å². The molecule has 0 amide bonds. The summed E-state index contributed by atoms with van der Waals surface area (Å²) in [7, 11) is 0. The molecule has 2 aliphatic heterocycles. The SMILES string of the molecule is O=Cc1cc(OCCN2CCOCC2)ncc1OCC1=C(c2ccnn2C2COC2)CCCC1. The molecule has 3 aliphatic rings. The number of rotatable bonds is 10. The standard InChI is InChI=1S/C25H32N4O5/c30-15-20-13-25(33-12-9-28-7-10-31-11-8-28)26-14-24(20)34-16-19-3-1-2-4-22(19)23-5-6-27-29(23)21-17-32-18-21/h5-6,13-15,21H,1-4,7-12,16-18H2. The Morgan fingerprint density at radius 2 is 1.97 bits per heavy atom. The molecule has 0 atom stereocenters. The van der Waals surface area contributed by atoms with Gasteiger partial charge in [0.15, 0.2) is 6.29 Å². The van der Waals surface area contributed by atoms with Gasteiger partial charge in [-0.2, -0.15) is 5.10 Å². The van der Waals surface area contributed by atoms with Crippen LogP contribution in [0.3, 0.4) is 0 Å². The molecule has 9 heteroatoms. The van der Waals surface area contributed by atoms with Crippen LogP contribution in [0.25, 0.3) is 5.57 Å². The Kier molecular flexibility index (Phi) is 7.52. The van der Waals surface area contributed by atoms with Crippen LogP contribution in [0.2, 0.25) is 0 Å². The van der Waals surface area contributed by atoms with Crippen LogP contribution >= 0.6 is 0 Å². The van der Waals surface area contributed by atoms with Crippen LogP contribution in [-0.4, -0.2) is 85.2 Å². The van der Waals surface area contributed by atoms with Crippen LogP contribution in [0.1, 0.15) is 47.8 Å². The molecule has 1 aliphatic carbocycles. The Labute approximate surface area is 199 Å². The summed E-state index contributed by atoms with van der Waals surface area (Å²) < 4.78 is 24.7. The first-order chi connectivity index (χ1) is 16.8. The Hall–Kier alpha value is -2.75. The molecule has 182 valence electrons. The minimum Gasteiger partial charge on any atom is -0.487 e. The van der Waals surface area contributed by atoms with Crippen LogP contribution in [0.4, 0.5) is 0 Å². The highest BCUT2D eigenvalue weighted by Gasteiger charge is 2.26. The Bertz CT molecular complexity index is 1010. The largest absolute Gasteiger partial charge is 0.487 e. The van der Waals surface area contributed by atoms with Crippen molar-refractivity contribution in [1.29, 1.82) is 0 Å². The van der Waals surface area contributed by atoms with E-state index in [0.29, 0.717) is 49.7 Å². The topological polar surface area (TPSA) is 87.9 Å². The van der Waals surface area contributed by atoms with E-state index in [-0.39, 0.29) is 0 Å². The van der Waals surface area contributed by atoms with E-state index < -0.39 is 0 Å². The molecule has 0 radical (unpaired) electrons. The molecule has 0 saturated carbocycles. The molecule has 2 saturated heterocycles. The number of carbonyl (C=O) groups is 1. The quantitative estimate of drug-likeness (QED) is 0.492. The predicted molar refractivity (Wildman–Crippen MR) is 125 cm³/mol. The van der Waals surface area contributed by atoms with Crippen LogP contribution < -0.4 is 9.47 Å². The molecule has 34 heavy (non-hydrogen) atoms. The van der Waals surface area contributed by atoms with Gasteiger partial charge >= 0.3 is 0 Å². The molecule has 2 aromatic heterocycles. The van der Waals surface area contributed by atoms with Gasteiger partial charge in [-0.25, -0.2) is 4.98 Å². The average Bonchev–Trinajstić information content (AvgIpc) is 3.31. The van der Waals surface area contributed by atoms with Crippen LogP contribution in [0, 0.1) is 0 Å². The molecule has 4 heterocycles. The van der Waals surface area contributed by atoms with Gasteiger partial charge in [-0.05, 0) is 42.9 Å². The first kappa shape index (κ1) is 23.0. The molecule has 9 nitrogen and oxygen atoms in total. The van der Waals surface area contributed by atoms with Gasteiger partial charge in [-0.1, -0.05) is 0 Å². The number of hydrogen-bond acceptors (Lipinski definition) is 8. The van der Waals surface area contributed by atoms with Crippen molar-refractivity contribution in [2.24, 2.45) is 0 Å². The lowest BCUT2D eigenvalue weighted by atomic mass is 9.90. The molecular formula is C25H32N4O5. The van der Waals surface area contributed by atoms with E-state index in [1.807, 2.05) is 6.20 Å². The number of carbonyl (C=O) groups excluding carboxylic acids is 1. The highest BCUT2D eigenvalue weighted by atomic mass is 16.5. The van der Waals surface area contributed by atoms with E-state index in [9.17, 15) is 4.79 Å². The fraction of sp³-hybridized carbons (Fsp3) is 0.560. The minimum absolute atomic E-state index is 0.309. The molecule has 2 aromatic rings. The number of morpholine rings is 1. The molecule has 5 rings (SSSR count). The zero-order valence-electron chi connectivity index (χ0n) is 19.5. The van der Waals surface area contributed by atoms with Crippen LogP contribution in [0.15, 0.2) is 30.1 Å². The van der Waals surface area contributed by atoms with E-state index in [1.54, 1.807) is 12.3 Å².